The minimum Gasteiger partial charge on any atom is -0.379 e. The van der Waals surface area contributed by atoms with Gasteiger partial charge in [-0.2, -0.15) is 0 Å². The van der Waals surface area contributed by atoms with Crippen molar-refractivity contribution in [1.29, 1.82) is 0 Å². The van der Waals surface area contributed by atoms with Crippen molar-refractivity contribution < 1.29 is 9.13 Å². The number of morpholine rings is 1. The molecule has 1 aromatic carbocycles. The number of hydrogen-bond donors (Lipinski definition) is 0. The lowest BCUT2D eigenvalue weighted by Crippen LogP contribution is -2.37. The molecule has 0 aliphatic carbocycles. The van der Waals surface area contributed by atoms with Gasteiger partial charge in [-0.3, -0.25) is 4.90 Å². The quantitative estimate of drug-likeness (QED) is 0.597. The normalized spacial score (nSPS) is 14.8. The molecule has 0 N–H and O–H groups in total. The second-order valence-electron chi connectivity index (χ2n) is 7.59. The van der Waals surface area contributed by atoms with Crippen LogP contribution in [0.1, 0.15) is 6.42 Å². The average molecular weight is 410 g/mol. The van der Waals surface area contributed by atoms with Crippen LogP contribution in [0.15, 0.2) is 42.9 Å². The van der Waals surface area contributed by atoms with Crippen LogP contribution in [-0.4, -0.2) is 71.4 Å². The molecule has 158 valence electrons. The Morgan fingerprint density at radius 1 is 1.03 bits per heavy atom. The Balaban J connectivity index is 1.64. The van der Waals surface area contributed by atoms with E-state index in [1.165, 1.54) is 12.1 Å². The second-order valence-corrected chi connectivity index (χ2v) is 7.59. The predicted octanol–water partition coefficient (Wildman–Crippen LogP) is 2.93. The van der Waals surface area contributed by atoms with Gasteiger partial charge in [0, 0.05) is 52.0 Å². The summed E-state index contributed by atoms with van der Waals surface area (Å²) in [4.78, 5) is 18.0. The topological polar surface area (TPSA) is 59.3 Å². The standard InChI is InChI=1S/C22H27FN6O/c1-27(2)22-24-9-8-19(26-22)21-20(17-4-6-18(23)7-5-17)25-16-29(21)11-3-10-28-12-14-30-15-13-28/h4-9,16H,3,10-15H2,1-2H3. The summed E-state index contributed by atoms with van der Waals surface area (Å²) in [6.45, 7) is 5.41. The van der Waals surface area contributed by atoms with E-state index in [0.717, 1.165) is 68.5 Å². The maximum atomic E-state index is 13.5. The summed E-state index contributed by atoms with van der Waals surface area (Å²) in [6, 6.07) is 8.33. The van der Waals surface area contributed by atoms with Gasteiger partial charge in [-0.25, -0.2) is 19.3 Å². The van der Waals surface area contributed by atoms with Gasteiger partial charge in [0.1, 0.15) is 5.82 Å². The number of imidazole rings is 1. The molecule has 1 saturated heterocycles. The molecule has 8 heteroatoms. The van der Waals surface area contributed by atoms with Gasteiger partial charge in [-0.05, 0) is 36.8 Å². The fourth-order valence-electron chi connectivity index (χ4n) is 3.62. The zero-order valence-electron chi connectivity index (χ0n) is 17.5. The Hall–Kier alpha value is -2.84. The van der Waals surface area contributed by atoms with Gasteiger partial charge in [0.05, 0.1) is 36.6 Å². The van der Waals surface area contributed by atoms with Gasteiger partial charge in [0.25, 0.3) is 0 Å². The van der Waals surface area contributed by atoms with E-state index < -0.39 is 0 Å². The molecule has 0 atom stereocenters. The molecule has 3 aromatic rings. The van der Waals surface area contributed by atoms with Crippen molar-refractivity contribution in [2.75, 3.05) is 51.8 Å². The summed E-state index contributed by atoms with van der Waals surface area (Å²) in [7, 11) is 3.83. The van der Waals surface area contributed by atoms with E-state index in [9.17, 15) is 4.39 Å². The molecule has 0 bridgehead atoms. The minimum absolute atomic E-state index is 0.262. The van der Waals surface area contributed by atoms with Gasteiger partial charge in [0.15, 0.2) is 0 Å². The maximum absolute atomic E-state index is 13.5. The van der Waals surface area contributed by atoms with Crippen LogP contribution < -0.4 is 4.90 Å². The third-order valence-electron chi connectivity index (χ3n) is 5.22. The first-order chi connectivity index (χ1) is 14.6. The predicted molar refractivity (Wildman–Crippen MR) is 115 cm³/mol. The van der Waals surface area contributed by atoms with Crippen LogP contribution in [-0.2, 0) is 11.3 Å². The highest BCUT2D eigenvalue weighted by molar-refractivity contribution is 5.77. The van der Waals surface area contributed by atoms with Crippen LogP contribution >= 0.6 is 0 Å². The molecule has 0 amide bonds. The fraction of sp³-hybridized carbons (Fsp3) is 0.409. The van der Waals surface area contributed by atoms with Gasteiger partial charge in [0.2, 0.25) is 5.95 Å². The number of aromatic nitrogens is 4. The maximum Gasteiger partial charge on any atom is 0.225 e. The first-order valence-electron chi connectivity index (χ1n) is 10.2. The number of hydrogen-bond acceptors (Lipinski definition) is 6. The summed E-state index contributed by atoms with van der Waals surface area (Å²) in [5.74, 6) is 0.376. The fourth-order valence-corrected chi connectivity index (χ4v) is 3.62. The SMILES string of the molecule is CN(C)c1nccc(-c2c(-c3ccc(F)cc3)ncn2CCCN2CCOCC2)n1. The zero-order chi connectivity index (χ0) is 20.9. The number of benzene rings is 1. The Morgan fingerprint density at radius 3 is 2.53 bits per heavy atom. The Morgan fingerprint density at radius 2 is 1.80 bits per heavy atom. The lowest BCUT2D eigenvalue weighted by molar-refractivity contribution is 0.0369. The number of ether oxygens (including phenoxy) is 1. The van der Waals surface area contributed by atoms with Crippen molar-refractivity contribution >= 4 is 5.95 Å². The Bertz CT molecular complexity index is 966. The molecule has 0 saturated carbocycles. The smallest absolute Gasteiger partial charge is 0.225 e. The van der Waals surface area contributed by atoms with Gasteiger partial charge < -0.3 is 14.2 Å². The van der Waals surface area contributed by atoms with Gasteiger partial charge in [-0.15, -0.1) is 0 Å². The summed E-state index contributed by atoms with van der Waals surface area (Å²) in [6.07, 6.45) is 4.61. The summed E-state index contributed by atoms with van der Waals surface area (Å²) in [5.41, 5.74) is 3.39. The molecule has 7 nitrogen and oxygen atoms in total. The molecule has 1 fully saturated rings. The molecule has 2 aromatic heterocycles. The van der Waals surface area contributed by atoms with Crippen molar-refractivity contribution in [3.8, 4) is 22.6 Å². The van der Waals surface area contributed by atoms with Crippen LogP contribution in [0.5, 0.6) is 0 Å². The molecule has 0 unspecified atom stereocenters. The van der Waals surface area contributed by atoms with E-state index in [1.807, 2.05) is 31.4 Å². The molecule has 0 radical (unpaired) electrons. The monoisotopic (exact) mass is 410 g/mol. The summed E-state index contributed by atoms with van der Waals surface area (Å²) < 4.78 is 21.0. The molecule has 30 heavy (non-hydrogen) atoms. The number of anilines is 1. The largest absolute Gasteiger partial charge is 0.379 e. The van der Waals surface area contributed by atoms with Crippen molar-refractivity contribution in [2.24, 2.45) is 0 Å². The Labute approximate surface area is 176 Å². The number of halogens is 1. The lowest BCUT2D eigenvalue weighted by Gasteiger charge is -2.26. The van der Waals surface area contributed by atoms with Crippen molar-refractivity contribution in [3.05, 3.63) is 48.7 Å². The van der Waals surface area contributed by atoms with E-state index in [-0.39, 0.29) is 5.82 Å². The number of rotatable bonds is 7. The second kappa shape index (κ2) is 9.32. The molecule has 3 heterocycles. The van der Waals surface area contributed by atoms with Crippen LogP contribution in [0, 0.1) is 5.82 Å². The highest BCUT2D eigenvalue weighted by atomic mass is 19.1. The highest BCUT2D eigenvalue weighted by Crippen LogP contribution is 2.31. The van der Waals surface area contributed by atoms with Crippen LogP contribution in [0.4, 0.5) is 10.3 Å². The van der Waals surface area contributed by atoms with Crippen LogP contribution in [0.3, 0.4) is 0 Å². The molecular weight excluding hydrogens is 383 g/mol. The van der Waals surface area contributed by atoms with Crippen LogP contribution in [0.25, 0.3) is 22.6 Å². The third kappa shape index (κ3) is 4.66. The van der Waals surface area contributed by atoms with Crippen molar-refractivity contribution in [2.45, 2.75) is 13.0 Å². The van der Waals surface area contributed by atoms with Crippen molar-refractivity contribution in [3.63, 3.8) is 0 Å². The van der Waals surface area contributed by atoms with E-state index in [4.69, 9.17) is 9.72 Å². The van der Waals surface area contributed by atoms with E-state index in [2.05, 4.69) is 19.4 Å². The molecule has 1 aliphatic heterocycles. The molecule has 1 aliphatic rings. The first-order valence-corrected chi connectivity index (χ1v) is 10.2. The Kier molecular flexibility index (Phi) is 6.35. The number of nitrogens with zero attached hydrogens (tertiary/aromatic N) is 6. The van der Waals surface area contributed by atoms with E-state index in [1.54, 1.807) is 18.3 Å². The molecule has 0 spiro atoms. The molecule has 4 rings (SSSR count). The lowest BCUT2D eigenvalue weighted by atomic mass is 10.1. The third-order valence-corrected chi connectivity index (χ3v) is 5.22. The first kappa shape index (κ1) is 20.4. The minimum atomic E-state index is -0.262. The van der Waals surface area contributed by atoms with Gasteiger partial charge in [-0.1, -0.05) is 0 Å². The summed E-state index contributed by atoms with van der Waals surface area (Å²) >= 11 is 0. The number of aryl methyl sites for hydroxylation is 1. The zero-order valence-corrected chi connectivity index (χ0v) is 17.5. The van der Waals surface area contributed by atoms with E-state index in [0.29, 0.717) is 5.95 Å². The average Bonchev–Trinajstić information content (AvgIpc) is 3.19. The van der Waals surface area contributed by atoms with Crippen molar-refractivity contribution in [1.82, 2.24) is 24.4 Å². The highest BCUT2D eigenvalue weighted by Gasteiger charge is 2.18. The summed E-state index contributed by atoms with van der Waals surface area (Å²) in [5, 5.41) is 0. The van der Waals surface area contributed by atoms with Crippen LogP contribution in [0.2, 0.25) is 0 Å². The van der Waals surface area contributed by atoms with E-state index >= 15 is 0 Å². The van der Waals surface area contributed by atoms with Gasteiger partial charge >= 0.3 is 0 Å². The molecular formula is C22H27FN6O.